The summed E-state index contributed by atoms with van der Waals surface area (Å²) < 4.78 is 0. The van der Waals surface area contributed by atoms with Crippen LogP contribution in [0.2, 0.25) is 0 Å². The predicted molar refractivity (Wildman–Crippen MR) is 78.9 cm³/mol. The number of carbonyl (C=O) groups is 4. The number of hydrogen-bond acceptors (Lipinski definition) is 4. The molecule has 0 unspecified atom stereocenters. The van der Waals surface area contributed by atoms with E-state index < -0.39 is 17.9 Å². The first-order valence-electron chi connectivity index (χ1n) is 7.84. The van der Waals surface area contributed by atoms with E-state index in [1.165, 1.54) is 0 Å². The molecular formula is C15H24N2O5. The van der Waals surface area contributed by atoms with Crippen molar-refractivity contribution in [3.05, 3.63) is 0 Å². The van der Waals surface area contributed by atoms with Gasteiger partial charge in [0.05, 0.1) is 0 Å². The number of amides is 3. The van der Waals surface area contributed by atoms with Crippen molar-refractivity contribution in [1.82, 2.24) is 10.6 Å². The summed E-state index contributed by atoms with van der Waals surface area (Å²) in [7, 11) is 0. The van der Waals surface area contributed by atoms with Crippen molar-refractivity contribution in [2.45, 2.75) is 70.3 Å². The molecule has 1 rings (SSSR count). The van der Waals surface area contributed by atoms with Crippen LogP contribution >= 0.6 is 0 Å². The number of hydrogen-bond donors (Lipinski definition) is 3. The summed E-state index contributed by atoms with van der Waals surface area (Å²) in [6, 6.07) is -0.596. The smallest absolute Gasteiger partial charge is 0.303 e. The summed E-state index contributed by atoms with van der Waals surface area (Å²) in [6.45, 7) is 0. The molecule has 0 aliphatic carbocycles. The molecule has 124 valence electrons. The summed E-state index contributed by atoms with van der Waals surface area (Å²) >= 11 is 0. The van der Waals surface area contributed by atoms with Gasteiger partial charge in [0.1, 0.15) is 6.04 Å². The van der Waals surface area contributed by atoms with Gasteiger partial charge in [0.15, 0.2) is 0 Å². The van der Waals surface area contributed by atoms with Gasteiger partial charge in [-0.2, -0.15) is 0 Å². The number of carbonyl (C=O) groups excluding carboxylic acids is 3. The molecule has 7 heteroatoms. The molecule has 22 heavy (non-hydrogen) atoms. The number of carboxylic acids is 1. The first kappa shape index (κ1) is 18.1. The molecule has 7 nitrogen and oxygen atoms in total. The van der Waals surface area contributed by atoms with E-state index in [-0.39, 0.29) is 24.7 Å². The maximum absolute atomic E-state index is 11.7. The molecule has 1 fully saturated rings. The van der Waals surface area contributed by atoms with Gasteiger partial charge in [0.2, 0.25) is 17.7 Å². The third-order valence-electron chi connectivity index (χ3n) is 3.62. The van der Waals surface area contributed by atoms with Gasteiger partial charge in [-0.1, -0.05) is 25.7 Å². The van der Waals surface area contributed by atoms with Crippen LogP contribution in [-0.2, 0) is 19.2 Å². The Hall–Kier alpha value is -1.92. The Morgan fingerprint density at radius 3 is 2.23 bits per heavy atom. The molecule has 0 aromatic rings. The van der Waals surface area contributed by atoms with E-state index in [1.54, 1.807) is 0 Å². The van der Waals surface area contributed by atoms with Crippen LogP contribution < -0.4 is 10.6 Å². The largest absolute Gasteiger partial charge is 0.481 e. The van der Waals surface area contributed by atoms with E-state index in [2.05, 4.69) is 10.6 Å². The van der Waals surface area contributed by atoms with Crippen molar-refractivity contribution in [2.24, 2.45) is 0 Å². The Morgan fingerprint density at radius 2 is 1.64 bits per heavy atom. The Kier molecular flexibility index (Phi) is 8.17. The fraction of sp³-hybridized carbons (Fsp3) is 0.733. The van der Waals surface area contributed by atoms with Crippen LogP contribution in [-0.4, -0.2) is 34.8 Å². The zero-order chi connectivity index (χ0) is 16.4. The van der Waals surface area contributed by atoms with Crippen LogP contribution in [0.15, 0.2) is 0 Å². The molecule has 0 bridgehead atoms. The quantitative estimate of drug-likeness (QED) is 0.413. The third-order valence-corrected chi connectivity index (χ3v) is 3.62. The number of nitrogens with one attached hydrogen (secondary N) is 2. The second kappa shape index (κ2) is 9.92. The lowest BCUT2D eigenvalue weighted by Gasteiger charge is -2.21. The van der Waals surface area contributed by atoms with Crippen molar-refractivity contribution in [3.63, 3.8) is 0 Å². The molecule has 0 saturated carbocycles. The third kappa shape index (κ3) is 7.75. The Morgan fingerprint density at radius 1 is 1.05 bits per heavy atom. The van der Waals surface area contributed by atoms with E-state index in [9.17, 15) is 19.2 Å². The molecule has 0 spiro atoms. The van der Waals surface area contributed by atoms with E-state index in [0.717, 1.165) is 32.1 Å². The zero-order valence-electron chi connectivity index (χ0n) is 12.7. The van der Waals surface area contributed by atoms with Crippen molar-refractivity contribution >= 4 is 23.7 Å². The molecule has 0 radical (unpaired) electrons. The first-order valence-corrected chi connectivity index (χ1v) is 7.84. The van der Waals surface area contributed by atoms with Crippen molar-refractivity contribution in [1.29, 1.82) is 0 Å². The number of piperidine rings is 1. The monoisotopic (exact) mass is 312 g/mol. The van der Waals surface area contributed by atoms with Gasteiger partial charge in [0.25, 0.3) is 0 Å². The summed E-state index contributed by atoms with van der Waals surface area (Å²) in [5.74, 6) is -1.65. The van der Waals surface area contributed by atoms with Gasteiger partial charge < -0.3 is 10.4 Å². The van der Waals surface area contributed by atoms with E-state index in [1.807, 2.05) is 0 Å². The van der Waals surface area contributed by atoms with Crippen LogP contribution in [0, 0.1) is 0 Å². The van der Waals surface area contributed by atoms with Crippen LogP contribution in [0.4, 0.5) is 0 Å². The second-order valence-corrected chi connectivity index (χ2v) is 5.59. The van der Waals surface area contributed by atoms with Crippen molar-refractivity contribution in [3.8, 4) is 0 Å². The fourth-order valence-electron chi connectivity index (χ4n) is 2.37. The number of carboxylic acid groups (broad SMARTS) is 1. The van der Waals surface area contributed by atoms with Gasteiger partial charge >= 0.3 is 5.97 Å². The lowest BCUT2D eigenvalue weighted by Crippen LogP contribution is -2.52. The highest BCUT2D eigenvalue weighted by molar-refractivity contribution is 6.01. The minimum absolute atomic E-state index is 0.166. The molecule has 1 heterocycles. The number of rotatable bonds is 10. The maximum Gasteiger partial charge on any atom is 0.303 e. The lowest BCUT2D eigenvalue weighted by molar-refractivity contribution is -0.138. The zero-order valence-corrected chi connectivity index (χ0v) is 12.7. The van der Waals surface area contributed by atoms with Gasteiger partial charge in [-0.3, -0.25) is 24.5 Å². The molecule has 1 saturated heterocycles. The highest BCUT2D eigenvalue weighted by Crippen LogP contribution is 2.09. The Labute approximate surface area is 129 Å². The van der Waals surface area contributed by atoms with Crippen LogP contribution in [0.25, 0.3) is 0 Å². The van der Waals surface area contributed by atoms with Crippen LogP contribution in [0.3, 0.4) is 0 Å². The number of unbranched alkanes of at least 4 members (excludes halogenated alkanes) is 5. The summed E-state index contributed by atoms with van der Waals surface area (Å²) in [4.78, 5) is 44.5. The van der Waals surface area contributed by atoms with Gasteiger partial charge in [-0.05, 0) is 19.3 Å². The molecule has 1 aliphatic rings. The second-order valence-electron chi connectivity index (χ2n) is 5.59. The molecular weight excluding hydrogens is 288 g/mol. The average molecular weight is 312 g/mol. The topological polar surface area (TPSA) is 113 Å². The summed E-state index contributed by atoms with van der Waals surface area (Å²) in [5, 5.41) is 13.3. The Balaban J connectivity index is 2.00. The van der Waals surface area contributed by atoms with Gasteiger partial charge in [0, 0.05) is 19.3 Å². The molecule has 1 atom stereocenters. The van der Waals surface area contributed by atoms with Gasteiger partial charge in [-0.25, -0.2) is 0 Å². The normalized spacial score (nSPS) is 17.9. The molecule has 3 amide bonds. The van der Waals surface area contributed by atoms with Crippen molar-refractivity contribution in [2.75, 3.05) is 0 Å². The first-order chi connectivity index (χ1) is 10.5. The SMILES string of the molecule is O=C(O)CCCCCCCCC(=O)N[C@H]1CCC(=O)NC1=O. The Bertz CT molecular complexity index is 422. The van der Waals surface area contributed by atoms with E-state index in [4.69, 9.17) is 5.11 Å². The molecule has 0 aromatic heterocycles. The minimum Gasteiger partial charge on any atom is -0.481 e. The maximum atomic E-state index is 11.7. The standard InChI is InChI=1S/C15H24N2O5/c18-12(16-11-9-10-13(19)17-15(11)22)7-5-3-1-2-4-6-8-14(20)21/h11H,1-10H2,(H,16,18)(H,20,21)(H,17,19,22)/t11-/m0/s1. The number of imide groups is 1. The van der Waals surface area contributed by atoms with Crippen molar-refractivity contribution < 1.29 is 24.3 Å². The lowest BCUT2D eigenvalue weighted by atomic mass is 10.1. The summed E-state index contributed by atoms with van der Waals surface area (Å²) in [5.41, 5.74) is 0. The summed E-state index contributed by atoms with van der Waals surface area (Å²) in [6.07, 6.45) is 6.41. The van der Waals surface area contributed by atoms with E-state index >= 15 is 0 Å². The highest BCUT2D eigenvalue weighted by Gasteiger charge is 2.27. The molecule has 0 aromatic carbocycles. The average Bonchev–Trinajstić information content (AvgIpc) is 2.44. The van der Waals surface area contributed by atoms with Gasteiger partial charge in [-0.15, -0.1) is 0 Å². The fourth-order valence-corrected chi connectivity index (χ4v) is 2.37. The minimum atomic E-state index is -0.759. The number of aliphatic carboxylic acids is 1. The molecule has 1 aliphatic heterocycles. The molecule has 3 N–H and O–H groups in total. The predicted octanol–water partition coefficient (Wildman–Crippen LogP) is 1.11. The highest BCUT2D eigenvalue weighted by atomic mass is 16.4. The van der Waals surface area contributed by atoms with Crippen LogP contribution in [0.1, 0.15) is 64.2 Å². The van der Waals surface area contributed by atoms with Crippen LogP contribution in [0.5, 0.6) is 0 Å². The van der Waals surface area contributed by atoms with E-state index in [0.29, 0.717) is 19.3 Å².